The average molecular weight is 265 g/mol. The standard InChI is InChI=1S/C16H21F2N/c17-16(18,11-15-6-1-2-9-19-15)14-8-7-12-4-3-5-13(12)10-14/h7-8,10,15,19H,1-6,9,11H2. The molecule has 1 nitrogen and oxygen atoms in total. The van der Waals surface area contributed by atoms with Crippen molar-refractivity contribution in [3.8, 4) is 0 Å². The van der Waals surface area contributed by atoms with Gasteiger partial charge in [0.2, 0.25) is 0 Å². The van der Waals surface area contributed by atoms with Gasteiger partial charge in [0.15, 0.2) is 0 Å². The molecule has 19 heavy (non-hydrogen) atoms. The Hall–Kier alpha value is -0.960. The quantitative estimate of drug-likeness (QED) is 0.876. The van der Waals surface area contributed by atoms with Crippen LogP contribution in [0.5, 0.6) is 0 Å². The van der Waals surface area contributed by atoms with Gasteiger partial charge < -0.3 is 5.32 Å². The fourth-order valence-electron chi connectivity index (χ4n) is 3.32. The first-order valence-corrected chi connectivity index (χ1v) is 7.39. The Morgan fingerprint density at radius 2 is 1.95 bits per heavy atom. The highest BCUT2D eigenvalue weighted by Gasteiger charge is 2.35. The molecule has 1 fully saturated rings. The Balaban J connectivity index is 1.75. The Morgan fingerprint density at radius 1 is 1.11 bits per heavy atom. The van der Waals surface area contributed by atoms with E-state index < -0.39 is 5.92 Å². The molecule has 3 rings (SSSR count). The lowest BCUT2D eigenvalue weighted by molar-refractivity contribution is -0.0253. The van der Waals surface area contributed by atoms with Gasteiger partial charge in [-0.15, -0.1) is 0 Å². The number of rotatable bonds is 3. The van der Waals surface area contributed by atoms with E-state index in [1.54, 1.807) is 12.1 Å². The third-order valence-corrected chi connectivity index (χ3v) is 4.44. The first kappa shape index (κ1) is 13.0. The van der Waals surface area contributed by atoms with E-state index in [1.807, 2.05) is 6.07 Å². The smallest absolute Gasteiger partial charge is 0.274 e. The maximum absolute atomic E-state index is 14.4. The molecule has 1 heterocycles. The van der Waals surface area contributed by atoms with Crippen LogP contribution in [0.15, 0.2) is 18.2 Å². The maximum Gasteiger partial charge on any atom is 0.274 e. The van der Waals surface area contributed by atoms with Crippen molar-refractivity contribution in [3.05, 3.63) is 34.9 Å². The van der Waals surface area contributed by atoms with Crippen LogP contribution in [0.25, 0.3) is 0 Å². The van der Waals surface area contributed by atoms with Crippen LogP contribution in [0.3, 0.4) is 0 Å². The molecule has 1 aromatic carbocycles. The van der Waals surface area contributed by atoms with Crippen LogP contribution in [-0.4, -0.2) is 12.6 Å². The molecule has 1 N–H and O–H groups in total. The lowest BCUT2D eigenvalue weighted by Gasteiger charge is -2.28. The molecule has 1 aromatic rings. The van der Waals surface area contributed by atoms with Crippen LogP contribution in [0.1, 0.15) is 48.8 Å². The number of hydrogen-bond acceptors (Lipinski definition) is 1. The SMILES string of the molecule is FC(F)(CC1CCCCN1)c1ccc2c(c1)CCC2. The van der Waals surface area contributed by atoms with Gasteiger partial charge in [-0.2, -0.15) is 0 Å². The third kappa shape index (κ3) is 2.81. The molecule has 0 spiro atoms. The molecule has 1 unspecified atom stereocenters. The van der Waals surface area contributed by atoms with E-state index in [-0.39, 0.29) is 18.0 Å². The normalized spacial score (nSPS) is 23.4. The van der Waals surface area contributed by atoms with E-state index in [9.17, 15) is 8.78 Å². The molecule has 3 heteroatoms. The number of benzene rings is 1. The number of aryl methyl sites for hydroxylation is 2. The molecule has 0 amide bonds. The zero-order valence-electron chi connectivity index (χ0n) is 11.2. The fraction of sp³-hybridized carbons (Fsp3) is 0.625. The zero-order valence-corrected chi connectivity index (χ0v) is 11.2. The summed E-state index contributed by atoms with van der Waals surface area (Å²) in [5, 5.41) is 3.22. The topological polar surface area (TPSA) is 12.0 Å². The summed E-state index contributed by atoms with van der Waals surface area (Å²) < 4.78 is 28.7. The second kappa shape index (κ2) is 5.20. The van der Waals surface area contributed by atoms with Crippen LogP contribution in [0.4, 0.5) is 8.78 Å². The van der Waals surface area contributed by atoms with Crippen molar-refractivity contribution in [1.29, 1.82) is 0 Å². The van der Waals surface area contributed by atoms with Crippen LogP contribution in [0, 0.1) is 0 Å². The molecule has 0 radical (unpaired) electrons. The monoisotopic (exact) mass is 265 g/mol. The number of piperidine rings is 1. The maximum atomic E-state index is 14.4. The van der Waals surface area contributed by atoms with Crippen molar-refractivity contribution in [2.75, 3.05) is 6.54 Å². The molecule has 1 saturated heterocycles. The molecule has 1 atom stereocenters. The molecule has 0 aromatic heterocycles. The lowest BCUT2D eigenvalue weighted by Crippen LogP contribution is -2.38. The lowest BCUT2D eigenvalue weighted by atomic mass is 9.93. The van der Waals surface area contributed by atoms with E-state index >= 15 is 0 Å². The summed E-state index contributed by atoms with van der Waals surface area (Å²) in [5.41, 5.74) is 2.60. The van der Waals surface area contributed by atoms with Gasteiger partial charge in [0.1, 0.15) is 0 Å². The highest BCUT2D eigenvalue weighted by atomic mass is 19.3. The van der Waals surface area contributed by atoms with Gasteiger partial charge in [0.05, 0.1) is 0 Å². The predicted molar refractivity (Wildman–Crippen MR) is 72.6 cm³/mol. The van der Waals surface area contributed by atoms with Gasteiger partial charge in [-0.3, -0.25) is 0 Å². The van der Waals surface area contributed by atoms with Crippen molar-refractivity contribution in [2.45, 2.75) is 56.9 Å². The highest BCUT2D eigenvalue weighted by Crippen LogP contribution is 2.36. The average Bonchev–Trinajstić information content (AvgIpc) is 2.86. The Kier molecular flexibility index (Phi) is 3.57. The summed E-state index contributed by atoms with van der Waals surface area (Å²) >= 11 is 0. The van der Waals surface area contributed by atoms with E-state index in [2.05, 4.69) is 5.32 Å². The van der Waals surface area contributed by atoms with E-state index in [4.69, 9.17) is 0 Å². The van der Waals surface area contributed by atoms with Gasteiger partial charge in [-0.25, -0.2) is 8.78 Å². The van der Waals surface area contributed by atoms with E-state index in [1.165, 1.54) is 5.56 Å². The van der Waals surface area contributed by atoms with Gasteiger partial charge in [0.25, 0.3) is 5.92 Å². The third-order valence-electron chi connectivity index (χ3n) is 4.44. The van der Waals surface area contributed by atoms with Gasteiger partial charge >= 0.3 is 0 Å². The minimum atomic E-state index is -2.70. The van der Waals surface area contributed by atoms with Crippen LogP contribution < -0.4 is 5.32 Å². The molecule has 104 valence electrons. The van der Waals surface area contributed by atoms with Crippen molar-refractivity contribution >= 4 is 0 Å². The van der Waals surface area contributed by atoms with Crippen molar-refractivity contribution in [3.63, 3.8) is 0 Å². The fourth-order valence-corrected chi connectivity index (χ4v) is 3.32. The van der Waals surface area contributed by atoms with Crippen LogP contribution >= 0.6 is 0 Å². The summed E-state index contributed by atoms with van der Waals surface area (Å²) in [4.78, 5) is 0. The van der Waals surface area contributed by atoms with E-state index in [0.717, 1.165) is 50.6 Å². The molecule has 0 bridgehead atoms. The molecular formula is C16H21F2N. The Bertz CT molecular complexity index is 450. The number of halogens is 2. The summed E-state index contributed by atoms with van der Waals surface area (Å²) in [6.07, 6.45) is 6.10. The van der Waals surface area contributed by atoms with Crippen molar-refractivity contribution < 1.29 is 8.78 Å². The first-order chi connectivity index (χ1) is 9.15. The van der Waals surface area contributed by atoms with Crippen molar-refractivity contribution in [1.82, 2.24) is 5.32 Å². The Morgan fingerprint density at radius 3 is 2.74 bits per heavy atom. The zero-order chi connectivity index (χ0) is 13.3. The molecule has 1 aliphatic heterocycles. The number of nitrogens with one attached hydrogen (secondary N) is 1. The van der Waals surface area contributed by atoms with Crippen LogP contribution in [0.2, 0.25) is 0 Å². The Labute approximate surface area is 113 Å². The molecule has 0 saturated carbocycles. The van der Waals surface area contributed by atoms with E-state index in [0.29, 0.717) is 0 Å². The molecular weight excluding hydrogens is 244 g/mol. The van der Waals surface area contributed by atoms with Gasteiger partial charge in [0, 0.05) is 18.0 Å². The molecule has 2 aliphatic rings. The van der Waals surface area contributed by atoms with Gasteiger partial charge in [-0.05, 0) is 55.8 Å². The summed E-state index contributed by atoms with van der Waals surface area (Å²) in [5.74, 6) is -2.70. The van der Waals surface area contributed by atoms with Crippen LogP contribution in [-0.2, 0) is 18.8 Å². The predicted octanol–water partition coefficient (Wildman–Crippen LogP) is 3.80. The summed E-state index contributed by atoms with van der Waals surface area (Å²) in [6.45, 7) is 0.880. The van der Waals surface area contributed by atoms with Gasteiger partial charge in [-0.1, -0.05) is 18.6 Å². The molecule has 1 aliphatic carbocycles. The first-order valence-electron chi connectivity index (χ1n) is 7.39. The number of hydrogen-bond donors (Lipinski definition) is 1. The number of fused-ring (bicyclic) bond motifs is 1. The second-order valence-electron chi connectivity index (χ2n) is 5.89. The summed E-state index contributed by atoms with van der Waals surface area (Å²) in [7, 11) is 0. The minimum Gasteiger partial charge on any atom is -0.314 e. The minimum absolute atomic E-state index is 0.0306. The number of alkyl halides is 2. The van der Waals surface area contributed by atoms with Crippen molar-refractivity contribution in [2.24, 2.45) is 0 Å². The largest absolute Gasteiger partial charge is 0.314 e. The summed E-state index contributed by atoms with van der Waals surface area (Å²) in [6, 6.07) is 5.25. The second-order valence-corrected chi connectivity index (χ2v) is 5.89. The highest BCUT2D eigenvalue weighted by molar-refractivity contribution is 5.37.